The molecule has 0 aliphatic carbocycles. The molecule has 0 spiro atoms. The van der Waals surface area contributed by atoms with E-state index in [1.165, 1.54) is 24.5 Å². The van der Waals surface area contributed by atoms with E-state index >= 15 is 0 Å². The fraction of sp³-hybridized carbons (Fsp3) is 0. The van der Waals surface area contributed by atoms with Crippen LogP contribution in [0.1, 0.15) is 0 Å². The molecule has 4 aromatic rings. The highest BCUT2D eigenvalue weighted by Gasteiger charge is 2.17. The van der Waals surface area contributed by atoms with E-state index in [9.17, 15) is 8.78 Å². The number of aromatic nitrogens is 2. The van der Waals surface area contributed by atoms with E-state index in [1.54, 1.807) is 6.20 Å². The van der Waals surface area contributed by atoms with Gasteiger partial charge in [0.1, 0.15) is 17.0 Å². The predicted octanol–water partition coefficient (Wildman–Crippen LogP) is 3.84. The summed E-state index contributed by atoms with van der Waals surface area (Å²) < 4.78 is 32.8. The number of hydrogen-bond acceptors (Lipinski definition) is 3. The molecule has 21 heavy (non-hydrogen) atoms. The van der Waals surface area contributed by atoms with Gasteiger partial charge in [-0.2, -0.15) is 0 Å². The van der Waals surface area contributed by atoms with Crippen molar-refractivity contribution in [1.29, 1.82) is 0 Å². The molecular formula is C15H9F2N3O. The zero-order valence-corrected chi connectivity index (χ0v) is 10.7. The molecule has 3 N–H and O–H groups in total. The lowest BCUT2D eigenvalue weighted by molar-refractivity contribution is 0.612. The van der Waals surface area contributed by atoms with Crippen LogP contribution in [0.15, 0.2) is 41.3 Å². The third kappa shape index (κ3) is 1.62. The van der Waals surface area contributed by atoms with Crippen molar-refractivity contribution in [1.82, 2.24) is 9.97 Å². The molecule has 0 aliphatic heterocycles. The van der Waals surface area contributed by atoms with Crippen molar-refractivity contribution in [3.8, 4) is 11.1 Å². The number of pyridine rings is 1. The Morgan fingerprint density at radius 2 is 2.00 bits per heavy atom. The Morgan fingerprint density at radius 1 is 1.14 bits per heavy atom. The molecule has 0 saturated carbocycles. The molecule has 0 amide bonds. The summed E-state index contributed by atoms with van der Waals surface area (Å²) in [4.78, 5) is 6.92. The Morgan fingerprint density at radius 3 is 2.86 bits per heavy atom. The molecule has 0 bridgehead atoms. The first-order chi connectivity index (χ1) is 10.1. The van der Waals surface area contributed by atoms with Gasteiger partial charge in [0.2, 0.25) is 0 Å². The molecule has 0 fully saturated rings. The van der Waals surface area contributed by atoms with Gasteiger partial charge in [-0.05, 0) is 18.2 Å². The van der Waals surface area contributed by atoms with Crippen molar-refractivity contribution in [2.24, 2.45) is 0 Å². The SMILES string of the molecule is Nc1cc(-c2c[nH]c3ncc(F)cc23)c2occc2c1F. The second-order valence-electron chi connectivity index (χ2n) is 4.74. The Hall–Kier alpha value is -2.89. The van der Waals surface area contributed by atoms with Gasteiger partial charge in [0.05, 0.1) is 23.5 Å². The number of hydrogen-bond donors (Lipinski definition) is 2. The quantitative estimate of drug-likeness (QED) is 0.522. The number of benzene rings is 1. The van der Waals surface area contributed by atoms with Gasteiger partial charge in [0.15, 0.2) is 5.82 Å². The average Bonchev–Trinajstić information content (AvgIpc) is 3.09. The third-order valence-corrected chi connectivity index (χ3v) is 3.49. The monoisotopic (exact) mass is 285 g/mol. The van der Waals surface area contributed by atoms with E-state index in [0.29, 0.717) is 33.1 Å². The fourth-order valence-electron chi connectivity index (χ4n) is 2.53. The Labute approximate surface area is 117 Å². The second kappa shape index (κ2) is 4.05. The van der Waals surface area contributed by atoms with E-state index in [1.807, 2.05) is 0 Å². The van der Waals surface area contributed by atoms with Crippen molar-refractivity contribution in [3.63, 3.8) is 0 Å². The van der Waals surface area contributed by atoms with Gasteiger partial charge in [-0.3, -0.25) is 0 Å². The summed E-state index contributed by atoms with van der Waals surface area (Å²) in [6.45, 7) is 0. The fourth-order valence-corrected chi connectivity index (χ4v) is 2.53. The first-order valence-electron chi connectivity index (χ1n) is 6.23. The van der Waals surface area contributed by atoms with Crippen LogP contribution in [0, 0.1) is 11.6 Å². The molecule has 6 heteroatoms. The smallest absolute Gasteiger partial charge is 0.157 e. The Kier molecular flexibility index (Phi) is 2.29. The number of nitrogens with zero attached hydrogens (tertiary/aromatic N) is 1. The van der Waals surface area contributed by atoms with Crippen LogP contribution in [-0.2, 0) is 0 Å². The maximum absolute atomic E-state index is 14.0. The van der Waals surface area contributed by atoms with Crippen LogP contribution in [-0.4, -0.2) is 9.97 Å². The summed E-state index contributed by atoms with van der Waals surface area (Å²) in [5.41, 5.74) is 7.87. The summed E-state index contributed by atoms with van der Waals surface area (Å²) in [5, 5.41) is 0.877. The largest absolute Gasteiger partial charge is 0.464 e. The average molecular weight is 285 g/mol. The lowest BCUT2D eigenvalue weighted by atomic mass is 10.0. The first-order valence-corrected chi connectivity index (χ1v) is 6.23. The molecule has 0 aliphatic rings. The number of nitrogen functional groups attached to an aromatic ring is 1. The normalized spacial score (nSPS) is 11.5. The van der Waals surface area contributed by atoms with Gasteiger partial charge < -0.3 is 15.1 Å². The maximum atomic E-state index is 14.0. The van der Waals surface area contributed by atoms with E-state index in [4.69, 9.17) is 10.2 Å². The van der Waals surface area contributed by atoms with Crippen molar-refractivity contribution in [2.75, 3.05) is 5.73 Å². The molecule has 3 heterocycles. The van der Waals surface area contributed by atoms with Gasteiger partial charge in [0, 0.05) is 22.7 Å². The molecule has 4 rings (SSSR count). The van der Waals surface area contributed by atoms with Crippen molar-refractivity contribution < 1.29 is 13.2 Å². The van der Waals surface area contributed by atoms with Crippen LogP contribution in [0.3, 0.4) is 0 Å². The second-order valence-corrected chi connectivity index (χ2v) is 4.74. The van der Waals surface area contributed by atoms with Crippen LogP contribution in [0.25, 0.3) is 33.1 Å². The summed E-state index contributed by atoms with van der Waals surface area (Å²) >= 11 is 0. The maximum Gasteiger partial charge on any atom is 0.157 e. The molecule has 0 saturated heterocycles. The lowest BCUT2D eigenvalue weighted by Crippen LogP contribution is -1.92. The number of nitrogens with two attached hydrogens (primary N) is 1. The number of furan rings is 1. The number of H-pyrrole nitrogens is 1. The van der Waals surface area contributed by atoms with Crippen molar-refractivity contribution in [2.45, 2.75) is 0 Å². The summed E-state index contributed by atoms with van der Waals surface area (Å²) in [6, 6.07) is 4.36. The van der Waals surface area contributed by atoms with Crippen LogP contribution < -0.4 is 5.73 Å². The summed E-state index contributed by atoms with van der Waals surface area (Å²) in [5.74, 6) is -0.972. The van der Waals surface area contributed by atoms with E-state index in [2.05, 4.69) is 9.97 Å². The number of rotatable bonds is 1. The highest BCUT2D eigenvalue weighted by molar-refractivity contribution is 6.03. The van der Waals surface area contributed by atoms with Crippen LogP contribution in [0.4, 0.5) is 14.5 Å². The number of nitrogens with one attached hydrogen (secondary N) is 1. The number of anilines is 1. The van der Waals surface area contributed by atoms with Gasteiger partial charge in [-0.1, -0.05) is 0 Å². The Bertz CT molecular complexity index is 987. The first kappa shape index (κ1) is 11.9. The minimum absolute atomic E-state index is 0.0117. The van der Waals surface area contributed by atoms with Crippen molar-refractivity contribution >= 4 is 27.7 Å². The molecule has 0 unspecified atom stereocenters. The zero-order valence-electron chi connectivity index (χ0n) is 10.7. The topological polar surface area (TPSA) is 67.8 Å². The predicted molar refractivity (Wildman–Crippen MR) is 75.6 cm³/mol. The molecule has 0 radical (unpaired) electrons. The molecule has 4 nitrogen and oxygen atoms in total. The zero-order chi connectivity index (χ0) is 14.6. The van der Waals surface area contributed by atoms with E-state index in [-0.39, 0.29) is 5.69 Å². The molecule has 104 valence electrons. The number of aromatic amines is 1. The molecule has 3 aromatic heterocycles. The van der Waals surface area contributed by atoms with Crippen LogP contribution in [0.5, 0.6) is 0 Å². The number of halogens is 2. The van der Waals surface area contributed by atoms with Gasteiger partial charge >= 0.3 is 0 Å². The molecule has 0 atom stereocenters. The highest BCUT2D eigenvalue weighted by Crippen LogP contribution is 2.37. The van der Waals surface area contributed by atoms with Gasteiger partial charge in [0.25, 0.3) is 0 Å². The van der Waals surface area contributed by atoms with E-state index < -0.39 is 11.6 Å². The van der Waals surface area contributed by atoms with E-state index in [0.717, 1.165) is 6.20 Å². The van der Waals surface area contributed by atoms with Gasteiger partial charge in [-0.15, -0.1) is 0 Å². The molecular weight excluding hydrogens is 276 g/mol. The standard InChI is InChI=1S/C15H9F2N3O/c16-7-3-10-11(6-20-15(10)19-5-7)9-4-12(18)13(17)8-1-2-21-14(8)9/h1-6H,18H2,(H,19,20). The van der Waals surface area contributed by atoms with Crippen molar-refractivity contribution in [3.05, 3.63) is 48.5 Å². The lowest BCUT2D eigenvalue weighted by Gasteiger charge is -2.05. The molecule has 1 aromatic carbocycles. The van der Waals surface area contributed by atoms with Crippen LogP contribution in [0.2, 0.25) is 0 Å². The Balaban J connectivity index is 2.11. The minimum atomic E-state index is -0.522. The highest BCUT2D eigenvalue weighted by atomic mass is 19.1. The van der Waals surface area contributed by atoms with Crippen LogP contribution >= 0.6 is 0 Å². The summed E-state index contributed by atoms with van der Waals surface area (Å²) in [6.07, 6.45) is 4.19. The summed E-state index contributed by atoms with van der Waals surface area (Å²) in [7, 11) is 0. The number of fused-ring (bicyclic) bond motifs is 2. The minimum Gasteiger partial charge on any atom is -0.464 e. The van der Waals surface area contributed by atoms with Gasteiger partial charge in [-0.25, -0.2) is 13.8 Å². The third-order valence-electron chi connectivity index (χ3n) is 3.49.